The Kier molecular flexibility index (Phi) is 2.60. The largest absolute Gasteiger partial charge is 0.345 e. The van der Waals surface area contributed by atoms with E-state index in [0.29, 0.717) is 24.9 Å². The highest BCUT2D eigenvalue weighted by Gasteiger charge is 2.44. The molecule has 94 valence electrons. The Bertz CT molecular complexity index is 355. The highest BCUT2D eigenvalue weighted by atomic mass is 16.2. The Morgan fingerprint density at radius 2 is 2.06 bits per heavy atom. The molecular weight excluding hydrogens is 216 g/mol. The molecule has 3 aliphatic rings. The standard InChI is InChI=1S/C13H20N2O2/c1-8-13(17)15(5-4-12(16)14-8)11-7-9-2-3-10(11)6-9/h8-11H,2-7H2,1H3,(H,14,16). The molecule has 3 rings (SSSR count). The summed E-state index contributed by atoms with van der Waals surface area (Å²) in [5.41, 5.74) is 0. The molecule has 2 saturated carbocycles. The topological polar surface area (TPSA) is 49.4 Å². The fraction of sp³-hybridized carbons (Fsp3) is 0.846. The van der Waals surface area contributed by atoms with Gasteiger partial charge in [0.1, 0.15) is 6.04 Å². The molecule has 17 heavy (non-hydrogen) atoms. The van der Waals surface area contributed by atoms with Crippen molar-refractivity contribution < 1.29 is 9.59 Å². The van der Waals surface area contributed by atoms with E-state index in [-0.39, 0.29) is 17.9 Å². The molecule has 4 unspecified atom stereocenters. The quantitative estimate of drug-likeness (QED) is 0.735. The predicted molar refractivity (Wildman–Crippen MR) is 63.2 cm³/mol. The normalized spacial score (nSPS) is 41.6. The summed E-state index contributed by atoms with van der Waals surface area (Å²) in [6.45, 7) is 2.41. The van der Waals surface area contributed by atoms with Gasteiger partial charge in [0.05, 0.1) is 0 Å². The van der Waals surface area contributed by atoms with Gasteiger partial charge in [-0.1, -0.05) is 6.42 Å². The summed E-state index contributed by atoms with van der Waals surface area (Å²) in [5, 5.41) is 2.76. The summed E-state index contributed by atoms with van der Waals surface area (Å²) < 4.78 is 0. The van der Waals surface area contributed by atoms with Crippen LogP contribution in [-0.2, 0) is 9.59 Å². The molecule has 3 fully saturated rings. The van der Waals surface area contributed by atoms with Gasteiger partial charge < -0.3 is 10.2 Å². The molecule has 4 nitrogen and oxygen atoms in total. The molecular formula is C13H20N2O2. The maximum atomic E-state index is 12.3. The minimum Gasteiger partial charge on any atom is -0.345 e. The van der Waals surface area contributed by atoms with Crippen LogP contribution < -0.4 is 5.32 Å². The molecule has 1 saturated heterocycles. The van der Waals surface area contributed by atoms with Crippen molar-refractivity contribution in [1.29, 1.82) is 0 Å². The lowest BCUT2D eigenvalue weighted by Crippen LogP contribution is -2.48. The summed E-state index contributed by atoms with van der Waals surface area (Å²) >= 11 is 0. The van der Waals surface area contributed by atoms with Crippen LogP contribution in [0.4, 0.5) is 0 Å². The second-order valence-corrected chi connectivity index (χ2v) is 5.81. The summed E-state index contributed by atoms with van der Waals surface area (Å²) in [4.78, 5) is 25.7. The molecule has 0 aromatic heterocycles. The molecule has 0 radical (unpaired) electrons. The van der Waals surface area contributed by atoms with Crippen LogP contribution in [0.2, 0.25) is 0 Å². The van der Waals surface area contributed by atoms with Crippen molar-refractivity contribution in [1.82, 2.24) is 10.2 Å². The fourth-order valence-electron chi connectivity index (χ4n) is 3.88. The van der Waals surface area contributed by atoms with Crippen LogP contribution in [0.25, 0.3) is 0 Å². The van der Waals surface area contributed by atoms with Gasteiger partial charge in [-0.2, -0.15) is 0 Å². The molecule has 1 aliphatic heterocycles. The summed E-state index contributed by atoms with van der Waals surface area (Å²) in [5.74, 6) is 1.66. The van der Waals surface area contributed by atoms with Crippen LogP contribution in [0.15, 0.2) is 0 Å². The number of carbonyl (C=O) groups excluding carboxylic acids is 2. The summed E-state index contributed by atoms with van der Waals surface area (Å²) in [6, 6.07) is 0.0699. The monoisotopic (exact) mass is 236 g/mol. The second kappa shape index (κ2) is 4.00. The molecule has 2 aliphatic carbocycles. The van der Waals surface area contributed by atoms with Gasteiger partial charge in [-0.25, -0.2) is 0 Å². The van der Waals surface area contributed by atoms with Crippen LogP contribution in [0.3, 0.4) is 0 Å². The number of fused-ring (bicyclic) bond motifs is 2. The third-order valence-electron chi connectivity index (χ3n) is 4.71. The van der Waals surface area contributed by atoms with E-state index in [2.05, 4.69) is 5.32 Å². The second-order valence-electron chi connectivity index (χ2n) is 5.81. The van der Waals surface area contributed by atoms with Gasteiger partial charge in [-0.05, 0) is 38.0 Å². The Labute approximate surface area is 102 Å². The third kappa shape index (κ3) is 1.83. The number of rotatable bonds is 1. The van der Waals surface area contributed by atoms with Crippen LogP contribution in [-0.4, -0.2) is 35.3 Å². The van der Waals surface area contributed by atoms with E-state index in [1.807, 2.05) is 4.90 Å². The first-order valence-electron chi connectivity index (χ1n) is 6.75. The molecule has 4 atom stereocenters. The zero-order valence-corrected chi connectivity index (χ0v) is 10.3. The smallest absolute Gasteiger partial charge is 0.245 e. The number of hydrogen-bond acceptors (Lipinski definition) is 2. The molecule has 2 bridgehead atoms. The minimum absolute atomic E-state index is 0.0107. The lowest BCUT2D eigenvalue weighted by Gasteiger charge is -2.34. The molecule has 1 heterocycles. The number of amides is 2. The highest BCUT2D eigenvalue weighted by molar-refractivity contribution is 5.89. The van der Waals surface area contributed by atoms with E-state index >= 15 is 0 Å². The van der Waals surface area contributed by atoms with Crippen LogP contribution >= 0.6 is 0 Å². The van der Waals surface area contributed by atoms with Crippen molar-refractivity contribution in [3.05, 3.63) is 0 Å². The van der Waals surface area contributed by atoms with Crippen molar-refractivity contribution in [2.75, 3.05) is 6.54 Å². The minimum atomic E-state index is -0.343. The number of nitrogens with one attached hydrogen (secondary N) is 1. The average molecular weight is 236 g/mol. The van der Waals surface area contributed by atoms with E-state index in [4.69, 9.17) is 0 Å². The first kappa shape index (κ1) is 11.1. The third-order valence-corrected chi connectivity index (χ3v) is 4.71. The number of carbonyl (C=O) groups is 2. The molecule has 1 N–H and O–H groups in total. The lowest BCUT2D eigenvalue weighted by atomic mass is 9.93. The number of nitrogens with zero attached hydrogens (tertiary/aromatic N) is 1. The highest BCUT2D eigenvalue weighted by Crippen LogP contribution is 2.46. The molecule has 0 aromatic rings. The van der Waals surface area contributed by atoms with Gasteiger partial charge in [-0.15, -0.1) is 0 Å². The maximum Gasteiger partial charge on any atom is 0.245 e. The Balaban J connectivity index is 1.77. The maximum absolute atomic E-state index is 12.3. The Hall–Kier alpha value is -1.06. The van der Waals surface area contributed by atoms with E-state index < -0.39 is 0 Å². The van der Waals surface area contributed by atoms with Gasteiger partial charge in [-0.3, -0.25) is 9.59 Å². The fourth-order valence-corrected chi connectivity index (χ4v) is 3.88. The molecule has 0 spiro atoms. The van der Waals surface area contributed by atoms with Gasteiger partial charge in [0.25, 0.3) is 0 Å². The van der Waals surface area contributed by atoms with Gasteiger partial charge in [0, 0.05) is 19.0 Å². The molecule has 0 aromatic carbocycles. The first-order valence-corrected chi connectivity index (χ1v) is 6.75. The SMILES string of the molecule is CC1NC(=O)CCN(C2CC3CCC2C3)C1=O. The van der Waals surface area contributed by atoms with E-state index in [9.17, 15) is 9.59 Å². The van der Waals surface area contributed by atoms with Gasteiger partial charge in [0.2, 0.25) is 11.8 Å². The summed E-state index contributed by atoms with van der Waals surface area (Å²) in [6.07, 6.45) is 5.54. The Morgan fingerprint density at radius 3 is 2.71 bits per heavy atom. The zero-order valence-electron chi connectivity index (χ0n) is 10.3. The molecule has 4 heteroatoms. The van der Waals surface area contributed by atoms with Gasteiger partial charge in [0.15, 0.2) is 0 Å². The van der Waals surface area contributed by atoms with E-state index in [1.54, 1.807) is 6.92 Å². The van der Waals surface area contributed by atoms with Crippen molar-refractivity contribution in [2.24, 2.45) is 11.8 Å². The van der Waals surface area contributed by atoms with Crippen molar-refractivity contribution in [2.45, 2.75) is 51.1 Å². The Morgan fingerprint density at radius 1 is 1.24 bits per heavy atom. The van der Waals surface area contributed by atoms with Crippen molar-refractivity contribution >= 4 is 11.8 Å². The van der Waals surface area contributed by atoms with Crippen LogP contribution in [0.5, 0.6) is 0 Å². The van der Waals surface area contributed by atoms with Crippen molar-refractivity contribution in [3.8, 4) is 0 Å². The van der Waals surface area contributed by atoms with E-state index in [0.717, 1.165) is 12.3 Å². The van der Waals surface area contributed by atoms with Gasteiger partial charge >= 0.3 is 0 Å². The van der Waals surface area contributed by atoms with E-state index in [1.165, 1.54) is 19.3 Å². The predicted octanol–water partition coefficient (Wildman–Crippen LogP) is 0.912. The molecule has 2 amide bonds. The average Bonchev–Trinajstić information content (AvgIpc) is 2.87. The number of hydrogen-bond donors (Lipinski definition) is 1. The zero-order chi connectivity index (χ0) is 12.0. The van der Waals surface area contributed by atoms with Crippen molar-refractivity contribution in [3.63, 3.8) is 0 Å². The summed E-state index contributed by atoms with van der Waals surface area (Å²) in [7, 11) is 0. The lowest BCUT2D eigenvalue weighted by molar-refractivity contribution is -0.136. The first-order chi connectivity index (χ1) is 8.15. The van der Waals surface area contributed by atoms with Crippen LogP contribution in [0.1, 0.15) is 39.0 Å². The van der Waals surface area contributed by atoms with Crippen LogP contribution in [0, 0.1) is 11.8 Å².